The first-order valence-corrected chi connectivity index (χ1v) is 7.16. The average molecular weight is 282 g/mol. The SMILES string of the molecule is C=C(C)CN(CC)C(=O)CN1CCCC(C)(C(=O)O)C1. The lowest BCUT2D eigenvalue weighted by Gasteiger charge is -2.37. The lowest BCUT2D eigenvalue weighted by Crippen LogP contribution is -2.50. The van der Waals surface area contributed by atoms with Crippen molar-refractivity contribution >= 4 is 11.9 Å². The minimum absolute atomic E-state index is 0.0464. The number of aliphatic carboxylic acids is 1. The van der Waals surface area contributed by atoms with E-state index in [0.717, 1.165) is 18.5 Å². The molecule has 1 saturated heterocycles. The van der Waals surface area contributed by atoms with Gasteiger partial charge in [0, 0.05) is 19.6 Å². The van der Waals surface area contributed by atoms with E-state index in [-0.39, 0.29) is 5.91 Å². The smallest absolute Gasteiger partial charge is 0.310 e. The van der Waals surface area contributed by atoms with Crippen LogP contribution < -0.4 is 0 Å². The molecule has 0 aromatic carbocycles. The molecule has 1 aliphatic rings. The van der Waals surface area contributed by atoms with Crippen molar-refractivity contribution in [2.45, 2.75) is 33.6 Å². The van der Waals surface area contributed by atoms with Crippen LogP contribution in [0.1, 0.15) is 33.6 Å². The van der Waals surface area contributed by atoms with Crippen LogP contribution in [0.2, 0.25) is 0 Å². The van der Waals surface area contributed by atoms with Gasteiger partial charge in [0.05, 0.1) is 12.0 Å². The van der Waals surface area contributed by atoms with E-state index in [1.807, 2.05) is 18.7 Å². The van der Waals surface area contributed by atoms with Gasteiger partial charge >= 0.3 is 5.97 Å². The first kappa shape index (κ1) is 16.7. The van der Waals surface area contributed by atoms with Gasteiger partial charge in [0.25, 0.3) is 0 Å². The van der Waals surface area contributed by atoms with Crippen LogP contribution in [0.4, 0.5) is 0 Å². The number of piperidine rings is 1. The number of amides is 1. The van der Waals surface area contributed by atoms with Gasteiger partial charge in [-0.05, 0) is 40.2 Å². The molecule has 5 nitrogen and oxygen atoms in total. The first-order valence-electron chi connectivity index (χ1n) is 7.16. The van der Waals surface area contributed by atoms with Crippen molar-refractivity contribution in [3.8, 4) is 0 Å². The van der Waals surface area contributed by atoms with E-state index in [1.54, 1.807) is 11.8 Å². The minimum atomic E-state index is -0.774. The number of likely N-dealkylation sites (tertiary alicyclic amines) is 1. The van der Waals surface area contributed by atoms with Gasteiger partial charge in [0.15, 0.2) is 0 Å². The summed E-state index contributed by atoms with van der Waals surface area (Å²) in [5, 5.41) is 9.29. The van der Waals surface area contributed by atoms with Crippen LogP contribution in [0, 0.1) is 5.41 Å². The maximum absolute atomic E-state index is 12.3. The number of likely N-dealkylation sites (N-methyl/N-ethyl adjacent to an activating group) is 1. The van der Waals surface area contributed by atoms with Crippen molar-refractivity contribution in [1.82, 2.24) is 9.80 Å². The first-order chi connectivity index (χ1) is 9.28. The third-order valence-corrected chi connectivity index (χ3v) is 3.85. The Morgan fingerprint density at radius 1 is 1.45 bits per heavy atom. The Morgan fingerprint density at radius 3 is 2.60 bits per heavy atom. The summed E-state index contributed by atoms with van der Waals surface area (Å²) in [4.78, 5) is 27.3. The number of hydrogen-bond acceptors (Lipinski definition) is 3. The molecule has 1 aliphatic heterocycles. The molecule has 114 valence electrons. The highest BCUT2D eigenvalue weighted by Crippen LogP contribution is 2.29. The molecular weight excluding hydrogens is 256 g/mol. The second-order valence-electron chi connectivity index (χ2n) is 6.05. The van der Waals surface area contributed by atoms with Crippen LogP contribution in [0.5, 0.6) is 0 Å². The number of rotatable bonds is 6. The van der Waals surface area contributed by atoms with Gasteiger partial charge in [-0.25, -0.2) is 0 Å². The zero-order valence-electron chi connectivity index (χ0n) is 12.8. The molecule has 0 aliphatic carbocycles. The van der Waals surface area contributed by atoms with Gasteiger partial charge in [0.2, 0.25) is 5.91 Å². The van der Waals surface area contributed by atoms with E-state index < -0.39 is 11.4 Å². The summed E-state index contributed by atoms with van der Waals surface area (Å²) in [7, 11) is 0. The molecule has 0 bridgehead atoms. The van der Waals surface area contributed by atoms with Crippen LogP contribution in [0.3, 0.4) is 0 Å². The van der Waals surface area contributed by atoms with Gasteiger partial charge in [-0.2, -0.15) is 0 Å². The van der Waals surface area contributed by atoms with Gasteiger partial charge in [0.1, 0.15) is 0 Å². The second-order valence-corrected chi connectivity index (χ2v) is 6.05. The summed E-state index contributed by atoms with van der Waals surface area (Å²) >= 11 is 0. The molecule has 1 N–H and O–H groups in total. The van der Waals surface area contributed by atoms with Crippen LogP contribution in [-0.4, -0.2) is 59.5 Å². The molecule has 1 heterocycles. The van der Waals surface area contributed by atoms with E-state index in [2.05, 4.69) is 6.58 Å². The number of carbonyl (C=O) groups excluding carboxylic acids is 1. The summed E-state index contributed by atoms with van der Waals surface area (Å²) in [6.45, 7) is 12.2. The molecule has 1 amide bonds. The highest BCUT2D eigenvalue weighted by molar-refractivity contribution is 5.79. The largest absolute Gasteiger partial charge is 0.481 e. The van der Waals surface area contributed by atoms with Crippen LogP contribution in [-0.2, 0) is 9.59 Å². The standard InChI is InChI=1S/C15H26N2O3/c1-5-17(9-12(2)3)13(18)10-16-8-6-7-15(4,11-16)14(19)20/h2,5-11H2,1,3-4H3,(H,19,20). The van der Waals surface area contributed by atoms with E-state index in [0.29, 0.717) is 32.6 Å². The van der Waals surface area contributed by atoms with Gasteiger partial charge in [-0.3, -0.25) is 14.5 Å². The topological polar surface area (TPSA) is 60.9 Å². The Hall–Kier alpha value is -1.36. The lowest BCUT2D eigenvalue weighted by atomic mass is 9.82. The van der Waals surface area contributed by atoms with Crippen molar-refractivity contribution in [2.75, 3.05) is 32.7 Å². The molecule has 0 radical (unpaired) electrons. The minimum Gasteiger partial charge on any atom is -0.481 e. The van der Waals surface area contributed by atoms with Gasteiger partial charge < -0.3 is 10.0 Å². The fourth-order valence-electron chi connectivity index (χ4n) is 2.65. The van der Waals surface area contributed by atoms with E-state index in [4.69, 9.17) is 0 Å². The molecule has 0 spiro atoms. The summed E-state index contributed by atoms with van der Waals surface area (Å²) in [5.41, 5.74) is 0.221. The van der Waals surface area contributed by atoms with Crippen LogP contribution in [0.25, 0.3) is 0 Å². The lowest BCUT2D eigenvalue weighted by molar-refractivity contribution is -0.152. The summed E-state index contributed by atoms with van der Waals surface area (Å²) in [6, 6.07) is 0. The molecule has 20 heavy (non-hydrogen) atoms. The van der Waals surface area contributed by atoms with Crippen molar-refractivity contribution in [3.05, 3.63) is 12.2 Å². The zero-order chi connectivity index (χ0) is 15.3. The molecule has 1 fully saturated rings. The summed E-state index contributed by atoms with van der Waals surface area (Å²) in [6.07, 6.45) is 1.50. The predicted molar refractivity (Wildman–Crippen MR) is 78.5 cm³/mol. The fourth-order valence-corrected chi connectivity index (χ4v) is 2.65. The molecule has 5 heteroatoms. The second kappa shape index (κ2) is 6.88. The van der Waals surface area contributed by atoms with Crippen molar-refractivity contribution in [1.29, 1.82) is 0 Å². The maximum Gasteiger partial charge on any atom is 0.310 e. The number of hydrogen-bond donors (Lipinski definition) is 1. The van der Waals surface area contributed by atoms with Crippen molar-refractivity contribution in [2.24, 2.45) is 5.41 Å². The molecule has 0 saturated carbocycles. The third kappa shape index (κ3) is 4.34. The Labute approximate surface area is 121 Å². The summed E-state index contributed by atoms with van der Waals surface area (Å²) < 4.78 is 0. The van der Waals surface area contributed by atoms with E-state index in [9.17, 15) is 14.7 Å². The van der Waals surface area contributed by atoms with E-state index >= 15 is 0 Å². The zero-order valence-corrected chi connectivity index (χ0v) is 12.8. The average Bonchev–Trinajstić information content (AvgIpc) is 2.35. The van der Waals surface area contributed by atoms with Gasteiger partial charge in [-0.1, -0.05) is 12.2 Å². The summed E-state index contributed by atoms with van der Waals surface area (Å²) in [5.74, 6) is -0.728. The molecule has 1 atom stereocenters. The Bertz CT molecular complexity index is 395. The van der Waals surface area contributed by atoms with Crippen LogP contribution >= 0.6 is 0 Å². The number of carboxylic acid groups (broad SMARTS) is 1. The van der Waals surface area contributed by atoms with Gasteiger partial charge in [-0.15, -0.1) is 0 Å². The molecule has 1 unspecified atom stereocenters. The Kier molecular flexibility index (Phi) is 5.74. The molecule has 1 rings (SSSR count). The molecule has 0 aromatic rings. The normalized spacial score (nSPS) is 23.4. The maximum atomic E-state index is 12.3. The third-order valence-electron chi connectivity index (χ3n) is 3.85. The molecule has 0 aromatic heterocycles. The van der Waals surface area contributed by atoms with E-state index in [1.165, 1.54) is 0 Å². The predicted octanol–water partition coefficient (Wildman–Crippen LogP) is 1.60. The highest BCUT2D eigenvalue weighted by atomic mass is 16.4. The number of nitrogens with zero attached hydrogens (tertiary/aromatic N) is 2. The van der Waals surface area contributed by atoms with Crippen molar-refractivity contribution < 1.29 is 14.7 Å². The molecular formula is C15H26N2O3. The Balaban J connectivity index is 2.61. The number of carbonyl (C=O) groups is 2. The monoisotopic (exact) mass is 282 g/mol. The van der Waals surface area contributed by atoms with Crippen LogP contribution in [0.15, 0.2) is 12.2 Å². The Morgan fingerprint density at radius 2 is 2.10 bits per heavy atom. The quantitative estimate of drug-likeness (QED) is 0.752. The highest BCUT2D eigenvalue weighted by Gasteiger charge is 2.38. The number of carboxylic acids is 1. The van der Waals surface area contributed by atoms with Crippen molar-refractivity contribution in [3.63, 3.8) is 0 Å². The fraction of sp³-hybridized carbons (Fsp3) is 0.733.